The van der Waals surface area contributed by atoms with E-state index < -0.39 is 0 Å². The van der Waals surface area contributed by atoms with Gasteiger partial charge in [-0.3, -0.25) is 14.4 Å². The molecule has 0 bridgehead atoms. The van der Waals surface area contributed by atoms with Gasteiger partial charge in [-0.05, 0) is 74.2 Å². The molecule has 46 heavy (non-hydrogen) atoms. The lowest BCUT2D eigenvalue weighted by atomic mass is 10.0. The van der Waals surface area contributed by atoms with Crippen molar-refractivity contribution in [3.8, 4) is 5.75 Å². The SMILES string of the molecule is COc1cccc(CNCC[C@H](Cc2ccccc2)NC(=O)c2cc(C(=O)N(C)Cc3nc(C)cs3)cc(N3CCCC3=O)c2)c1. The lowest BCUT2D eigenvalue weighted by molar-refractivity contribution is -0.117. The molecule has 10 heteroatoms. The molecule has 240 valence electrons. The van der Waals surface area contributed by atoms with Gasteiger partial charge in [0.25, 0.3) is 11.8 Å². The van der Waals surface area contributed by atoms with Crippen LogP contribution in [0.2, 0.25) is 0 Å². The van der Waals surface area contributed by atoms with Gasteiger partial charge in [0.15, 0.2) is 0 Å². The maximum Gasteiger partial charge on any atom is 0.254 e. The molecule has 0 unspecified atom stereocenters. The number of benzene rings is 3. The highest BCUT2D eigenvalue weighted by atomic mass is 32.1. The Morgan fingerprint density at radius 3 is 2.54 bits per heavy atom. The van der Waals surface area contributed by atoms with Crippen LogP contribution in [0.5, 0.6) is 5.75 Å². The van der Waals surface area contributed by atoms with Gasteiger partial charge < -0.3 is 25.2 Å². The number of ether oxygens (including phenoxy) is 1. The Morgan fingerprint density at radius 2 is 1.83 bits per heavy atom. The van der Waals surface area contributed by atoms with Crippen LogP contribution in [0.15, 0.2) is 78.2 Å². The number of hydrogen-bond donors (Lipinski definition) is 2. The molecule has 3 aromatic carbocycles. The minimum absolute atomic E-state index is 0.00774. The normalized spacial score (nSPS) is 13.5. The first-order chi connectivity index (χ1) is 22.3. The largest absolute Gasteiger partial charge is 0.497 e. The predicted molar refractivity (Wildman–Crippen MR) is 181 cm³/mol. The van der Waals surface area contributed by atoms with Crippen LogP contribution in [-0.2, 0) is 24.3 Å². The van der Waals surface area contributed by atoms with E-state index >= 15 is 0 Å². The number of nitrogens with one attached hydrogen (secondary N) is 2. The summed E-state index contributed by atoms with van der Waals surface area (Å²) in [5.74, 6) is 0.285. The lowest BCUT2D eigenvalue weighted by Crippen LogP contribution is -2.39. The van der Waals surface area contributed by atoms with Gasteiger partial charge in [-0.15, -0.1) is 11.3 Å². The molecule has 3 amide bonds. The van der Waals surface area contributed by atoms with Gasteiger partial charge in [0, 0.05) is 60.5 Å². The van der Waals surface area contributed by atoms with E-state index in [1.165, 1.54) is 11.3 Å². The van der Waals surface area contributed by atoms with Crippen LogP contribution >= 0.6 is 11.3 Å². The van der Waals surface area contributed by atoms with Crippen molar-refractivity contribution in [2.45, 2.75) is 51.7 Å². The molecule has 0 aliphatic carbocycles. The number of carbonyl (C=O) groups excluding carboxylic acids is 3. The zero-order valence-electron chi connectivity index (χ0n) is 26.6. The summed E-state index contributed by atoms with van der Waals surface area (Å²) >= 11 is 1.51. The monoisotopic (exact) mass is 639 g/mol. The van der Waals surface area contributed by atoms with Crippen molar-refractivity contribution in [2.75, 3.05) is 32.1 Å². The Morgan fingerprint density at radius 1 is 1.04 bits per heavy atom. The third-order valence-corrected chi connectivity index (χ3v) is 8.94. The molecule has 0 saturated carbocycles. The van der Waals surface area contributed by atoms with Gasteiger partial charge in [0.2, 0.25) is 5.91 Å². The van der Waals surface area contributed by atoms with Gasteiger partial charge in [0.05, 0.1) is 13.7 Å². The maximum absolute atomic E-state index is 13.9. The van der Waals surface area contributed by atoms with E-state index in [2.05, 4.69) is 27.8 Å². The summed E-state index contributed by atoms with van der Waals surface area (Å²) in [6.07, 6.45) is 2.53. The van der Waals surface area contributed by atoms with E-state index in [1.807, 2.05) is 54.8 Å². The summed E-state index contributed by atoms with van der Waals surface area (Å²) < 4.78 is 5.34. The van der Waals surface area contributed by atoms with E-state index in [0.29, 0.717) is 62.3 Å². The lowest BCUT2D eigenvalue weighted by Gasteiger charge is -2.22. The first-order valence-corrected chi connectivity index (χ1v) is 16.5. The fourth-order valence-corrected chi connectivity index (χ4v) is 6.42. The molecule has 1 aliphatic rings. The van der Waals surface area contributed by atoms with Crippen molar-refractivity contribution < 1.29 is 19.1 Å². The third kappa shape index (κ3) is 8.80. The van der Waals surface area contributed by atoms with Crippen LogP contribution in [0.1, 0.15) is 61.8 Å². The summed E-state index contributed by atoms with van der Waals surface area (Å²) in [7, 11) is 3.38. The van der Waals surface area contributed by atoms with Crippen LogP contribution in [-0.4, -0.2) is 60.9 Å². The van der Waals surface area contributed by atoms with Gasteiger partial charge in [-0.25, -0.2) is 4.98 Å². The summed E-state index contributed by atoms with van der Waals surface area (Å²) in [6, 6.07) is 22.9. The summed E-state index contributed by atoms with van der Waals surface area (Å²) in [5.41, 5.74) is 4.42. The molecule has 5 rings (SSSR count). The standard InChI is InChI=1S/C36H41N5O4S/c1-25-24-46-33(38-25)23-40(2)36(44)29-19-28(20-31(21-29)41-16-8-13-34(41)42)35(43)39-30(17-26-9-5-4-6-10-26)14-15-37-22-27-11-7-12-32(18-27)45-3/h4-7,9-12,18-21,24,30,37H,8,13-17,22-23H2,1-3H3,(H,39,43)/t30-/m1/s1. The molecule has 2 N–H and O–H groups in total. The predicted octanol–water partition coefficient (Wildman–Crippen LogP) is 5.38. The van der Waals surface area contributed by atoms with E-state index in [9.17, 15) is 14.4 Å². The molecule has 1 atom stereocenters. The van der Waals surface area contributed by atoms with Crippen molar-refractivity contribution in [3.63, 3.8) is 0 Å². The van der Waals surface area contributed by atoms with Crippen molar-refractivity contribution in [3.05, 3.63) is 111 Å². The van der Waals surface area contributed by atoms with Crippen molar-refractivity contribution in [1.82, 2.24) is 20.5 Å². The number of hydrogen-bond acceptors (Lipinski definition) is 7. The summed E-state index contributed by atoms with van der Waals surface area (Å²) in [5, 5.41) is 9.50. The van der Waals surface area contributed by atoms with E-state index in [0.717, 1.165) is 34.0 Å². The van der Waals surface area contributed by atoms with Crippen LogP contribution < -0.4 is 20.3 Å². The molecule has 9 nitrogen and oxygen atoms in total. The quantitative estimate of drug-likeness (QED) is 0.180. The van der Waals surface area contributed by atoms with Gasteiger partial charge in [-0.1, -0.05) is 42.5 Å². The van der Waals surface area contributed by atoms with Crippen LogP contribution in [0.3, 0.4) is 0 Å². The van der Waals surface area contributed by atoms with E-state index in [1.54, 1.807) is 42.2 Å². The highest BCUT2D eigenvalue weighted by Crippen LogP contribution is 2.26. The second kappa shape index (κ2) is 15.6. The number of aromatic nitrogens is 1. The second-order valence-corrected chi connectivity index (χ2v) is 12.6. The number of methoxy groups -OCH3 is 1. The number of nitrogens with zero attached hydrogens (tertiary/aromatic N) is 3. The fraction of sp³-hybridized carbons (Fsp3) is 0.333. The van der Waals surface area contributed by atoms with E-state index in [-0.39, 0.29) is 23.8 Å². The molecule has 4 aromatic rings. The first kappa shape index (κ1) is 32.8. The fourth-order valence-electron chi connectivity index (χ4n) is 5.60. The third-order valence-electron chi connectivity index (χ3n) is 7.99. The number of carbonyl (C=O) groups is 3. The molecular weight excluding hydrogens is 598 g/mol. The minimum atomic E-state index is -0.283. The number of anilines is 1. The topological polar surface area (TPSA) is 104 Å². The maximum atomic E-state index is 13.9. The number of amides is 3. The summed E-state index contributed by atoms with van der Waals surface area (Å²) in [4.78, 5) is 47.9. The average Bonchev–Trinajstić information content (AvgIpc) is 3.69. The number of aryl methyl sites for hydroxylation is 1. The molecule has 1 fully saturated rings. The van der Waals surface area contributed by atoms with Gasteiger partial charge in [0.1, 0.15) is 10.8 Å². The van der Waals surface area contributed by atoms with Crippen LogP contribution in [0.4, 0.5) is 5.69 Å². The first-order valence-electron chi connectivity index (χ1n) is 15.6. The highest BCUT2D eigenvalue weighted by molar-refractivity contribution is 7.09. The van der Waals surface area contributed by atoms with Gasteiger partial charge in [-0.2, -0.15) is 0 Å². The Kier molecular flexibility index (Phi) is 11.2. The zero-order chi connectivity index (χ0) is 32.5. The van der Waals surface area contributed by atoms with Crippen molar-refractivity contribution >= 4 is 34.7 Å². The van der Waals surface area contributed by atoms with E-state index in [4.69, 9.17) is 4.74 Å². The highest BCUT2D eigenvalue weighted by Gasteiger charge is 2.26. The molecule has 1 aromatic heterocycles. The average molecular weight is 640 g/mol. The zero-order valence-corrected chi connectivity index (χ0v) is 27.4. The summed E-state index contributed by atoms with van der Waals surface area (Å²) in [6.45, 7) is 4.19. The number of rotatable bonds is 14. The molecular formula is C36H41N5O4S. The second-order valence-electron chi connectivity index (χ2n) is 11.6. The molecule has 1 aliphatic heterocycles. The minimum Gasteiger partial charge on any atom is -0.497 e. The smallest absolute Gasteiger partial charge is 0.254 e. The Bertz CT molecular complexity index is 1660. The van der Waals surface area contributed by atoms with Crippen LogP contribution in [0, 0.1) is 6.92 Å². The Hall–Kier alpha value is -4.54. The molecule has 0 spiro atoms. The molecule has 0 radical (unpaired) electrons. The van der Waals surface area contributed by atoms with Crippen molar-refractivity contribution in [1.29, 1.82) is 0 Å². The van der Waals surface area contributed by atoms with Crippen molar-refractivity contribution in [2.24, 2.45) is 0 Å². The molecule has 1 saturated heterocycles. The Balaban J connectivity index is 1.33. The van der Waals surface area contributed by atoms with Crippen LogP contribution in [0.25, 0.3) is 0 Å². The Labute approximate surface area is 274 Å². The number of thiazole rings is 1. The van der Waals surface area contributed by atoms with Gasteiger partial charge >= 0.3 is 0 Å². The molecule has 2 heterocycles.